The van der Waals surface area contributed by atoms with Crippen molar-refractivity contribution in [3.05, 3.63) is 22.4 Å². The number of carbonyl (C=O) groups is 1. The van der Waals surface area contributed by atoms with Crippen molar-refractivity contribution in [3.63, 3.8) is 0 Å². The van der Waals surface area contributed by atoms with E-state index >= 15 is 0 Å². The van der Waals surface area contributed by atoms with E-state index in [0.717, 1.165) is 17.4 Å². The van der Waals surface area contributed by atoms with Crippen LogP contribution in [0.25, 0.3) is 0 Å². The first-order valence-electron chi connectivity index (χ1n) is 7.23. The molecular weight excluding hydrogens is 258 g/mol. The van der Waals surface area contributed by atoms with Gasteiger partial charge in [-0.15, -0.1) is 0 Å². The zero-order valence-corrected chi connectivity index (χ0v) is 11.6. The van der Waals surface area contributed by atoms with Gasteiger partial charge in [0, 0.05) is 12.5 Å². The van der Waals surface area contributed by atoms with Gasteiger partial charge in [-0.05, 0) is 65.3 Å². The molecule has 4 rings (SSSR count). The van der Waals surface area contributed by atoms with E-state index in [1.807, 2.05) is 16.8 Å². The molecule has 1 amide bonds. The SMILES string of the molecule is O=C(NCC(O)c1ccsc1)C1C2C3CCC(C3)C12. The van der Waals surface area contributed by atoms with Crippen molar-refractivity contribution in [2.45, 2.75) is 25.4 Å². The van der Waals surface area contributed by atoms with Gasteiger partial charge in [-0.1, -0.05) is 0 Å². The number of carbonyl (C=O) groups excluding carboxylic acids is 1. The minimum atomic E-state index is -0.564. The second kappa shape index (κ2) is 4.32. The van der Waals surface area contributed by atoms with Crippen molar-refractivity contribution < 1.29 is 9.90 Å². The molecule has 0 spiro atoms. The number of aliphatic hydroxyl groups is 1. The Balaban J connectivity index is 1.32. The molecule has 5 atom stereocenters. The van der Waals surface area contributed by atoms with Gasteiger partial charge < -0.3 is 10.4 Å². The van der Waals surface area contributed by atoms with Crippen LogP contribution < -0.4 is 5.32 Å². The average molecular weight is 277 g/mol. The largest absolute Gasteiger partial charge is 0.387 e. The van der Waals surface area contributed by atoms with Crippen LogP contribution in [-0.4, -0.2) is 17.6 Å². The maximum absolute atomic E-state index is 12.2. The zero-order valence-electron chi connectivity index (χ0n) is 10.8. The second-order valence-electron chi connectivity index (χ2n) is 6.33. The van der Waals surface area contributed by atoms with Crippen molar-refractivity contribution in [2.24, 2.45) is 29.6 Å². The molecule has 1 heterocycles. The molecule has 4 heteroatoms. The van der Waals surface area contributed by atoms with Crippen LogP contribution in [0.15, 0.2) is 16.8 Å². The van der Waals surface area contributed by atoms with Crippen LogP contribution in [0, 0.1) is 29.6 Å². The van der Waals surface area contributed by atoms with Gasteiger partial charge in [-0.2, -0.15) is 11.3 Å². The lowest BCUT2D eigenvalue weighted by Crippen LogP contribution is -2.31. The van der Waals surface area contributed by atoms with E-state index in [0.29, 0.717) is 18.4 Å². The van der Waals surface area contributed by atoms with Crippen LogP contribution >= 0.6 is 11.3 Å². The zero-order chi connectivity index (χ0) is 13.0. The molecule has 1 aromatic heterocycles. The Morgan fingerprint density at radius 1 is 1.42 bits per heavy atom. The fourth-order valence-corrected chi connectivity index (χ4v) is 5.28. The Labute approximate surface area is 117 Å². The summed E-state index contributed by atoms with van der Waals surface area (Å²) < 4.78 is 0. The summed E-state index contributed by atoms with van der Waals surface area (Å²) in [7, 11) is 0. The van der Waals surface area contributed by atoms with Crippen molar-refractivity contribution in [1.29, 1.82) is 0 Å². The average Bonchev–Trinajstić information content (AvgIpc) is 2.86. The number of aliphatic hydroxyl groups excluding tert-OH is 1. The first-order valence-corrected chi connectivity index (χ1v) is 8.18. The van der Waals surface area contributed by atoms with Crippen LogP contribution in [0.5, 0.6) is 0 Å². The predicted molar refractivity (Wildman–Crippen MR) is 73.6 cm³/mol. The Hall–Kier alpha value is -0.870. The number of fused-ring (bicyclic) bond motifs is 5. The van der Waals surface area contributed by atoms with E-state index in [4.69, 9.17) is 0 Å². The van der Waals surface area contributed by atoms with Crippen LogP contribution in [0.1, 0.15) is 30.9 Å². The molecule has 3 nitrogen and oxygen atoms in total. The van der Waals surface area contributed by atoms with Gasteiger partial charge in [0.15, 0.2) is 0 Å². The Morgan fingerprint density at radius 3 is 2.79 bits per heavy atom. The standard InChI is InChI=1S/C15H19NO2S/c17-11(10-3-4-19-7-10)6-16-15(18)14-12-8-1-2-9(5-8)13(12)14/h3-4,7-9,11-14,17H,1-2,5-6H2,(H,16,18). The lowest BCUT2D eigenvalue weighted by atomic mass is 10.0. The van der Waals surface area contributed by atoms with Crippen LogP contribution in [0.4, 0.5) is 0 Å². The van der Waals surface area contributed by atoms with Crippen molar-refractivity contribution in [2.75, 3.05) is 6.54 Å². The highest BCUT2D eigenvalue weighted by molar-refractivity contribution is 7.07. The highest BCUT2D eigenvalue weighted by atomic mass is 32.1. The molecule has 5 unspecified atom stereocenters. The number of hydrogen-bond donors (Lipinski definition) is 2. The monoisotopic (exact) mass is 277 g/mol. The first kappa shape index (κ1) is 11.9. The fraction of sp³-hybridized carbons (Fsp3) is 0.667. The Kier molecular flexibility index (Phi) is 2.71. The first-order chi connectivity index (χ1) is 9.25. The Bertz CT molecular complexity index is 470. The summed E-state index contributed by atoms with van der Waals surface area (Å²) in [5.74, 6) is 3.45. The highest BCUT2D eigenvalue weighted by Crippen LogP contribution is 2.69. The van der Waals surface area contributed by atoms with E-state index in [2.05, 4.69) is 5.32 Å². The van der Waals surface area contributed by atoms with E-state index in [1.165, 1.54) is 19.3 Å². The summed E-state index contributed by atoms with van der Waals surface area (Å²) in [4.78, 5) is 12.2. The third-order valence-electron chi connectivity index (χ3n) is 5.44. The van der Waals surface area contributed by atoms with Gasteiger partial charge in [0.25, 0.3) is 0 Å². The fourth-order valence-electron chi connectivity index (χ4n) is 4.57. The van der Waals surface area contributed by atoms with Crippen molar-refractivity contribution in [1.82, 2.24) is 5.32 Å². The van der Waals surface area contributed by atoms with Crippen molar-refractivity contribution in [3.8, 4) is 0 Å². The number of amides is 1. The summed E-state index contributed by atoms with van der Waals surface area (Å²) in [5, 5.41) is 16.8. The van der Waals surface area contributed by atoms with Crippen LogP contribution in [0.2, 0.25) is 0 Å². The van der Waals surface area contributed by atoms with Gasteiger partial charge >= 0.3 is 0 Å². The van der Waals surface area contributed by atoms with Gasteiger partial charge in [0.05, 0.1) is 6.10 Å². The van der Waals surface area contributed by atoms with E-state index < -0.39 is 6.10 Å². The summed E-state index contributed by atoms with van der Waals surface area (Å²) in [6, 6.07) is 1.91. The highest BCUT2D eigenvalue weighted by Gasteiger charge is 2.67. The summed E-state index contributed by atoms with van der Waals surface area (Å²) in [5.41, 5.74) is 0.904. The van der Waals surface area contributed by atoms with Crippen LogP contribution in [-0.2, 0) is 4.79 Å². The maximum atomic E-state index is 12.2. The number of hydrogen-bond acceptors (Lipinski definition) is 3. The molecule has 2 N–H and O–H groups in total. The predicted octanol–water partition coefficient (Wildman–Crippen LogP) is 2.19. The minimum Gasteiger partial charge on any atom is -0.387 e. The molecule has 0 aromatic carbocycles. The molecule has 0 aliphatic heterocycles. The molecule has 0 saturated heterocycles. The van der Waals surface area contributed by atoms with Crippen molar-refractivity contribution >= 4 is 17.2 Å². The molecule has 3 aliphatic rings. The minimum absolute atomic E-state index is 0.181. The molecule has 19 heavy (non-hydrogen) atoms. The van der Waals surface area contributed by atoms with Gasteiger partial charge in [0.2, 0.25) is 5.91 Å². The second-order valence-corrected chi connectivity index (χ2v) is 7.11. The van der Waals surface area contributed by atoms with Gasteiger partial charge in [0.1, 0.15) is 0 Å². The molecule has 3 aliphatic carbocycles. The smallest absolute Gasteiger partial charge is 0.223 e. The molecular formula is C15H19NO2S. The van der Waals surface area contributed by atoms with E-state index in [9.17, 15) is 9.90 Å². The van der Waals surface area contributed by atoms with Gasteiger partial charge in [-0.3, -0.25) is 4.79 Å². The molecule has 1 aromatic rings. The Morgan fingerprint density at radius 2 is 2.16 bits per heavy atom. The molecule has 3 fully saturated rings. The topological polar surface area (TPSA) is 49.3 Å². The third-order valence-corrected chi connectivity index (χ3v) is 6.14. The molecule has 0 radical (unpaired) electrons. The third kappa shape index (κ3) is 1.84. The lowest BCUT2D eigenvalue weighted by molar-refractivity contribution is -0.123. The quantitative estimate of drug-likeness (QED) is 0.886. The number of nitrogens with one attached hydrogen (secondary N) is 1. The van der Waals surface area contributed by atoms with E-state index in [1.54, 1.807) is 11.3 Å². The number of rotatable bonds is 4. The summed E-state index contributed by atoms with van der Waals surface area (Å²) in [6.45, 7) is 0.348. The van der Waals surface area contributed by atoms with Gasteiger partial charge in [-0.25, -0.2) is 0 Å². The maximum Gasteiger partial charge on any atom is 0.223 e. The normalized spacial score (nSPS) is 39.9. The van der Waals surface area contributed by atoms with E-state index in [-0.39, 0.29) is 11.8 Å². The lowest BCUT2D eigenvalue weighted by Gasteiger charge is -2.12. The summed E-state index contributed by atoms with van der Waals surface area (Å²) >= 11 is 1.57. The summed E-state index contributed by atoms with van der Waals surface area (Å²) in [6.07, 6.45) is 3.49. The molecule has 3 saturated carbocycles. The molecule has 102 valence electrons. The van der Waals surface area contributed by atoms with Crippen LogP contribution in [0.3, 0.4) is 0 Å². The number of thiophene rings is 1. The molecule has 2 bridgehead atoms.